The summed E-state index contributed by atoms with van der Waals surface area (Å²) in [6, 6.07) is 4.91. The molecule has 28 heavy (non-hydrogen) atoms. The van der Waals surface area contributed by atoms with Crippen molar-refractivity contribution in [2.24, 2.45) is 0 Å². The third kappa shape index (κ3) is 5.90. The molecule has 1 saturated heterocycles. The van der Waals surface area contributed by atoms with Gasteiger partial charge in [0.25, 0.3) is 5.69 Å². The molecule has 1 unspecified atom stereocenters. The van der Waals surface area contributed by atoms with Crippen molar-refractivity contribution in [2.75, 3.05) is 19.7 Å². The lowest BCUT2D eigenvalue weighted by Gasteiger charge is -2.33. The van der Waals surface area contributed by atoms with E-state index in [2.05, 4.69) is 5.32 Å². The van der Waals surface area contributed by atoms with Crippen LogP contribution in [-0.4, -0.2) is 53.3 Å². The zero-order valence-electron chi connectivity index (χ0n) is 15.6. The number of nitrogens with one attached hydrogen (secondary N) is 1. The summed E-state index contributed by atoms with van der Waals surface area (Å²) in [6.07, 6.45) is 4.08. The number of nitro groups is 1. The molecule has 1 fully saturated rings. The third-order valence-electron chi connectivity index (χ3n) is 4.23. The van der Waals surface area contributed by atoms with Crippen molar-refractivity contribution in [2.45, 2.75) is 32.2 Å². The van der Waals surface area contributed by atoms with Crippen LogP contribution in [0.1, 0.15) is 31.7 Å². The minimum absolute atomic E-state index is 0.0837. The number of carbonyl (C=O) groups excluding carboxylic acids is 3. The van der Waals surface area contributed by atoms with E-state index in [0.717, 1.165) is 12.8 Å². The lowest BCUT2D eigenvalue weighted by molar-refractivity contribution is -0.384. The van der Waals surface area contributed by atoms with Gasteiger partial charge in [0.15, 0.2) is 0 Å². The minimum Gasteiger partial charge on any atom is -0.466 e. The van der Waals surface area contributed by atoms with E-state index in [4.69, 9.17) is 4.74 Å². The molecular weight excluding hydrogens is 366 g/mol. The maximum absolute atomic E-state index is 12.6. The van der Waals surface area contributed by atoms with Crippen LogP contribution in [0.5, 0.6) is 0 Å². The van der Waals surface area contributed by atoms with E-state index in [0.29, 0.717) is 5.56 Å². The second-order valence-electron chi connectivity index (χ2n) is 6.30. The number of rotatable bonds is 8. The topological polar surface area (TPSA) is 119 Å². The Morgan fingerprint density at radius 2 is 2.21 bits per heavy atom. The maximum atomic E-state index is 12.6. The van der Waals surface area contributed by atoms with Crippen molar-refractivity contribution < 1.29 is 24.0 Å². The summed E-state index contributed by atoms with van der Waals surface area (Å²) in [5.41, 5.74) is 0.402. The number of non-ortho nitro benzene ring substituents is 1. The Hall–Kier alpha value is -3.23. The first-order valence-corrected chi connectivity index (χ1v) is 9.09. The van der Waals surface area contributed by atoms with Gasteiger partial charge in [0.2, 0.25) is 11.8 Å². The number of esters is 1. The van der Waals surface area contributed by atoms with E-state index >= 15 is 0 Å². The van der Waals surface area contributed by atoms with Crippen molar-refractivity contribution in [3.05, 3.63) is 46.0 Å². The number of nitro benzene ring substituents is 1. The van der Waals surface area contributed by atoms with Gasteiger partial charge in [-0.1, -0.05) is 25.5 Å². The van der Waals surface area contributed by atoms with E-state index < -0.39 is 28.7 Å². The number of nitrogens with zero attached hydrogens (tertiary/aromatic N) is 2. The fourth-order valence-electron chi connectivity index (χ4n) is 2.73. The van der Waals surface area contributed by atoms with E-state index in [1.807, 2.05) is 6.92 Å². The van der Waals surface area contributed by atoms with Crippen LogP contribution in [0.4, 0.5) is 5.69 Å². The number of unbranched alkanes of at least 4 members (excludes halogenated alkanes) is 1. The summed E-state index contributed by atoms with van der Waals surface area (Å²) in [6.45, 7) is 2.80. The van der Waals surface area contributed by atoms with Gasteiger partial charge in [0, 0.05) is 31.3 Å². The van der Waals surface area contributed by atoms with Crippen molar-refractivity contribution in [3.63, 3.8) is 0 Å². The van der Waals surface area contributed by atoms with E-state index in [9.17, 15) is 24.5 Å². The molecule has 1 aromatic carbocycles. The van der Waals surface area contributed by atoms with E-state index in [1.54, 1.807) is 6.07 Å². The molecule has 1 N–H and O–H groups in total. The average Bonchev–Trinajstić information content (AvgIpc) is 2.68. The van der Waals surface area contributed by atoms with Crippen LogP contribution in [0.3, 0.4) is 0 Å². The van der Waals surface area contributed by atoms with Gasteiger partial charge in [-0.15, -0.1) is 0 Å². The molecule has 0 aliphatic carbocycles. The number of benzene rings is 1. The van der Waals surface area contributed by atoms with Crippen molar-refractivity contribution in [1.29, 1.82) is 0 Å². The first-order valence-electron chi connectivity index (χ1n) is 9.09. The molecule has 1 heterocycles. The molecule has 0 aromatic heterocycles. The van der Waals surface area contributed by atoms with Crippen LogP contribution in [-0.2, 0) is 19.1 Å². The molecule has 0 bridgehead atoms. The first kappa shape index (κ1) is 21.1. The molecule has 9 heteroatoms. The number of hydrogen-bond donors (Lipinski definition) is 1. The smallest absolute Gasteiger partial charge is 0.308 e. The highest BCUT2D eigenvalue weighted by Gasteiger charge is 2.34. The fraction of sp³-hybridized carbons (Fsp3) is 0.421. The lowest BCUT2D eigenvalue weighted by atomic mass is 10.1. The molecule has 1 aliphatic rings. The highest BCUT2D eigenvalue weighted by atomic mass is 16.6. The lowest BCUT2D eigenvalue weighted by Crippen LogP contribution is -2.57. The van der Waals surface area contributed by atoms with E-state index in [1.165, 1.54) is 35.3 Å². The Kier molecular flexibility index (Phi) is 7.67. The van der Waals surface area contributed by atoms with Gasteiger partial charge in [-0.25, -0.2) is 0 Å². The van der Waals surface area contributed by atoms with Crippen LogP contribution < -0.4 is 5.32 Å². The normalized spacial score (nSPS) is 16.7. The highest BCUT2D eigenvalue weighted by Crippen LogP contribution is 2.15. The molecule has 0 spiro atoms. The molecule has 1 aromatic rings. The number of ether oxygens (including phenoxy) is 1. The minimum atomic E-state index is -0.940. The monoisotopic (exact) mass is 389 g/mol. The molecular formula is C19H23N3O6. The van der Waals surface area contributed by atoms with Gasteiger partial charge in [-0.2, -0.15) is 0 Å². The third-order valence-corrected chi connectivity index (χ3v) is 4.23. The second kappa shape index (κ2) is 10.2. The SMILES string of the molecule is CCCCOC(=O)CC1C(=O)NCCN1C(=O)/C=C/c1cccc([N+](=O)[O-])c1. The molecule has 1 aliphatic heterocycles. The summed E-state index contributed by atoms with van der Waals surface area (Å²) in [5.74, 6) is -1.39. The van der Waals surface area contributed by atoms with Crippen molar-refractivity contribution in [1.82, 2.24) is 10.2 Å². The fourth-order valence-corrected chi connectivity index (χ4v) is 2.73. The quantitative estimate of drug-likeness (QED) is 0.237. The van der Waals surface area contributed by atoms with Gasteiger partial charge in [0.05, 0.1) is 18.0 Å². The maximum Gasteiger partial charge on any atom is 0.308 e. The van der Waals surface area contributed by atoms with Gasteiger partial charge >= 0.3 is 5.97 Å². The number of piperazine rings is 1. The van der Waals surface area contributed by atoms with Gasteiger partial charge in [-0.05, 0) is 18.1 Å². The van der Waals surface area contributed by atoms with Gasteiger partial charge in [0.1, 0.15) is 6.04 Å². The Labute approximate surface area is 162 Å². The van der Waals surface area contributed by atoms with Crippen molar-refractivity contribution >= 4 is 29.5 Å². The Morgan fingerprint density at radius 1 is 1.43 bits per heavy atom. The highest BCUT2D eigenvalue weighted by molar-refractivity contribution is 5.97. The molecule has 150 valence electrons. The molecule has 0 saturated carbocycles. The summed E-state index contributed by atoms with van der Waals surface area (Å²) in [7, 11) is 0. The summed E-state index contributed by atoms with van der Waals surface area (Å²) in [5, 5.41) is 13.5. The number of amides is 2. The summed E-state index contributed by atoms with van der Waals surface area (Å²) >= 11 is 0. The molecule has 2 rings (SSSR count). The molecule has 1 atom stereocenters. The Balaban J connectivity index is 2.06. The average molecular weight is 389 g/mol. The molecule has 9 nitrogen and oxygen atoms in total. The van der Waals surface area contributed by atoms with Crippen LogP contribution in [0.25, 0.3) is 6.08 Å². The number of carbonyl (C=O) groups is 3. The summed E-state index contributed by atoms with van der Waals surface area (Å²) < 4.78 is 5.09. The Morgan fingerprint density at radius 3 is 2.93 bits per heavy atom. The second-order valence-corrected chi connectivity index (χ2v) is 6.30. The summed E-state index contributed by atoms with van der Waals surface area (Å²) in [4.78, 5) is 48.3. The zero-order chi connectivity index (χ0) is 20.5. The van der Waals surface area contributed by atoms with Crippen molar-refractivity contribution in [3.8, 4) is 0 Å². The zero-order valence-corrected chi connectivity index (χ0v) is 15.6. The van der Waals surface area contributed by atoms with Crippen LogP contribution in [0.15, 0.2) is 30.3 Å². The first-order chi connectivity index (χ1) is 13.4. The molecule has 2 amide bonds. The predicted molar refractivity (Wildman–Crippen MR) is 101 cm³/mol. The molecule has 0 radical (unpaired) electrons. The van der Waals surface area contributed by atoms with Crippen LogP contribution >= 0.6 is 0 Å². The van der Waals surface area contributed by atoms with Gasteiger partial charge in [-0.3, -0.25) is 24.5 Å². The number of hydrogen-bond acceptors (Lipinski definition) is 6. The largest absolute Gasteiger partial charge is 0.466 e. The predicted octanol–water partition coefficient (Wildman–Crippen LogP) is 1.67. The Bertz CT molecular complexity index is 777. The van der Waals surface area contributed by atoms with E-state index in [-0.39, 0.29) is 31.8 Å². The van der Waals surface area contributed by atoms with Crippen LogP contribution in [0.2, 0.25) is 0 Å². The standard InChI is InChI=1S/C19H23N3O6/c1-2-3-11-28-18(24)13-16-19(25)20-9-10-21(16)17(23)8-7-14-5-4-6-15(12-14)22(26)27/h4-8,12,16H,2-3,9-11,13H2,1H3,(H,20,25)/b8-7+. The van der Waals surface area contributed by atoms with Gasteiger partial charge < -0.3 is 15.0 Å². The van der Waals surface area contributed by atoms with Crippen LogP contribution in [0, 0.1) is 10.1 Å².